The highest BCUT2D eigenvalue weighted by atomic mass is 79.9. The van der Waals surface area contributed by atoms with E-state index in [0.717, 1.165) is 8.95 Å². The molecule has 7 rings (SSSR count). The SMILES string of the molecule is O=S(=O)(c1ccc(Oc2ccc(Br)cc2)cc1)c1ccc(Oc2ccc(Oc3ccc(S(=O)(=O)c4ccc(Oc5cccc(Br)c5)cc4)cc3)cc2)cc1. The number of ether oxygens (including phenoxy) is 4. The van der Waals surface area contributed by atoms with E-state index in [0.29, 0.717) is 46.0 Å². The average molecular weight is 885 g/mol. The molecule has 0 aromatic heterocycles. The van der Waals surface area contributed by atoms with Crippen LogP contribution < -0.4 is 18.9 Å². The number of halogens is 2. The second kappa shape index (κ2) is 15.9. The second-order valence-electron chi connectivity index (χ2n) is 11.7. The number of hydrogen-bond acceptors (Lipinski definition) is 8. The van der Waals surface area contributed by atoms with E-state index in [2.05, 4.69) is 31.9 Å². The molecule has 0 aliphatic rings. The topological polar surface area (TPSA) is 105 Å². The van der Waals surface area contributed by atoms with Crippen molar-refractivity contribution >= 4 is 51.5 Å². The normalized spacial score (nSPS) is 11.4. The summed E-state index contributed by atoms with van der Waals surface area (Å²) in [5.41, 5.74) is 0. The summed E-state index contributed by atoms with van der Waals surface area (Å²) >= 11 is 6.79. The third kappa shape index (κ3) is 8.86. The van der Waals surface area contributed by atoms with Crippen LogP contribution in [0.2, 0.25) is 0 Å². The van der Waals surface area contributed by atoms with Gasteiger partial charge in [-0.3, -0.25) is 0 Å². The van der Waals surface area contributed by atoms with Crippen molar-refractivity contribution < 1.29 is 35.8 Å². The molecule has 54 heavy (non-hydrogen) atoms. The van der Waals surface area contributed by atoms with Gasteiger partial charge in [0, 0.05) is 8.95 Å². The summed E-state index contributed by atoms with van der Waals surface area (Å²) in [6, 6.07) is 46.3. The summed E-state index contributed by atoms with van der Waals surface area (Å²) in [6.07, 6.45) is 0. The van der Waals surface area contributed by atoms with Crippen molar-refractivity contribution in [1.29, 1.82) is 0 Å². The van der Waals surface area contributed by atoms with E-state index in [4.69, 9.17) is 18.9 Å². The zero-order chi connectivity index (χ0) is 37.7. The molecular formula is C42H28Br2O8S2. The van der Waals surface area contributed by atoms with Crippen molar-refractivity contribution in [3.05, 3.63) is 179 Å². The van der Waals surface area contributed by atoms with Crippen LogP contribution in [0.3, 0.4) is 0 Å². The molecule has 270 valence electrons. The highest BCUT2D eigenvalue weighted by Gasteiger charge is 2.19. The Morgan fingerprint density at radius 1 is 0.296 bits per heavy atom. The molecule has 7 aromatic carbocycles. The van der Waals surface area contributed by atoms with Crippen molar-refractivity contribution in [3.63, 3.8) is 0 Å². The minimum atomic E-state index is -3.77. The Morgan fingerprint density at radius 2 is 0.556 bits per heavy atom. The first-order valence-corrected chi connectivity index (χ1v) is 20.8. The molecule has 0 bridgehead atoms. The van der Waals surface area contributed by atoms with Crippen LogP contribution in [0.4, 0.5) is 0 Å². The van der Waals surface area contributed by atoms with Gasteiger partial charge in [0.15, 0.2) is 0 Å². The van der Waals surface area contributed by atoms with E-state index in [1.54, 1.807) is 72.8 Å². The van der Waals surface area contributed by atoms with Gasteiger partial charge in [-0.1, -0.05) is 37.9 Å². The smallest absolute Gasteiger partial charge is 0.206 e. The highest BCUT2D eigenvalue weighted by Crippen LogP contribution is 2.32. The van der Waals surface area contributed by atoms with Crippen LogP contribution in [-0.2, 0) is 19.7 Å². The van der Waals surface area contributed by atoms with Crippen LogP contribution in [0.1, 0.15) is 0 Å². The van der Waals surface area contributed by atoms with Crippen LogP contribution >= 0.6 is 31.9 Å². The Labute approximate surface area is 329 Å². The Morgan fingerprint density at radius 3 is 0.852 bits per heavy atom. The summed E-state index contributed by atoms with van der Waals surface area (Å²) < 4.78 is 78.3. The lowest BCUT2D eigenvalue weighted by Gasteiger charge is -2.11. The standard InChI is InChI=1S/C42H28Br2O8S2/c43-29-4-6-31(7-5-29)49-34-12-20-39(21-13-34)53(45,46)40-22-14-35(15-23-40)50-32-8-10-33(11-9-32)51-36-16-24-41(25-17-36)54(47,48)42-26-18-37(19-27-42)52-38-3-1-2-30(44)28-38/h1-28H. The van der Waals surface area contributed by atoms with Crippen LogP contribution in [-0.4, -0.2) is 16.8 Å². The Hall–Kier alpha value is -5.40. The van der Waals surface area contributed by atoms with Crippen LogP contribution in [0.25, 0.3) is 0 Å². The molecule has 0 saturated heterocycles. The molecule has 12 heteroatoms. The van der Waals surface area contributed by atoms with E-state index >= 15 is 0 Å². The summed E-state index contributed by atoms with van der Waals surface area (Å²) in [5.74, 6) is 4.20. The van der Waals surface area contributed by atoms with Gasteiger partial charge in [0.2, 0.25) is 19.7 Å². The fourth-order valence-electron chi connectivity index (χ4n) is 5.17. The predicted molar refractivity (Wildman–Crippen MR) is 212 cm³/mol. The molecule has 0 unspecified atom stereocenters. The molecule has 0 fully saturated rings. The van der Waals surface area contributed by atoms with Gasteiger partial charge in [0.1, 0.15) is 46.0 Å². The molecule has 0 amide bonds. The minimum Gasteiger partial charge on any atom is -0.457 e. The maximum atomic E-state index is 13.3. The maximum Gasteiger partial charge on any atom is 0.206 e. The van der Waals surface area contributed by atoms with Crippen molar-refractivity contribution in [2.75, 3.05) is 0 Å². The molecule has 0 atom stereocenters. The number of rotatable bonds is 12. The van der Waals surface area contributed by atoms with E-state index in [1.165, 1.54) is 48.5 Å². The molecule has 0 N–H and O–H groups in total. The average Bonchev–Trinajstić information content (AvgIpc) is 3.17. The van der Waals surface area contributed by atoms with Gasteiger partial charge in [-0.25, -0.2) is 16.8 Å². The first-order valence-electron chi connectivity index (χ1n) is 16.2. The van der Waals surface area contributed by atoms with Crippen molar-refractivity contribution in [1.82, 2.24) is 0 Å². The van der Waals surface area contributed by atoms with Gasteiger partial charge < -0.3 is 18.9 Å². The van der Waals surface area contributed by atoms with E-state index < -0.39 is 19.7 Å². The maximum absolute atomic E-state index is 13.3. The van der Waals surface area contributed by atoms with Gasteiger partial charge in [-0.15, -0.1) is 0 Å². The molecule has 7 aromatic rings. The fraction of sp³-hybridized carbons (Fsp3) is 0. The van der Waals surface area contributed by atoms with Crippen LogP contribution in [0.5, 0.6) is 46.0 Å². The number of sulfone groups is 2. The fourth-order valence-corrected chi connectivity index (χ4v) is 8.34. The molecule has 8 nitrogen and oxygen atoms in total. The quantitative estimate of drug-likeness (QED) is 0.119. The summed E-state index contributed by atoms with van der Waals surface area (Å²) in [7, 11) is -7.54. The lowest BCUT2D eigenvalue weighted by Crippen LogP contribution is -2.02. The van der Waals surface area contributed by atoms with E-state index in [9.17, 15) is 16.8 Å². The minimum absolute atomic E-state index is 0.123. The zero-order valence-corrected chi connectivity index (χ0v) is 32.8. The predicted octanol–water partition coefficient (Wildman–Crippen LogP) is 12.0. The Kier molecular flexibility index (Phi) is 10.9. The van der Waals surface area contributed by atoms with Crippen molar-refractivity contribution in [2.24, 2.45) is 0 Å². The highest BCUT2D eigenvalue weighted by molar-refractivity contribution is 9.10. The monoisotopic (exact) mass is 882 g/mol. The van der Waals surface area contributed by atoms with Crippen molar-refractivity contribution in [3.8, 4) is 46.0 Å². The molecule has 0 aliphatic carbocycles. The van der Waals surface area contributed by atoms with E-state index in [-0.39, 0.29) is 19.6 Å². The molecular weight excluding hydrogens is 856 g/mol. The lowest BCUT2D eigenvalue weighted by molar-refractivity contribution is 0.469. The summed E-state index contributed by atoms with van der Waals surface area (Å²) in [4.78, 5) is 0.524. The molecule has 0 spiro atoms. The third-order valence-electron chi connectivity index (χ3n) is 7.91. The van der Waals surface area contributed by atoms with Gasteiger partial charge in [0.05, 0.1) is 19.6 Å². The Bertz CT molecular complexity index is 2600. The molecule has 0 radical (unpaired) electrons. The lowest BCUT2D eigenvalue weighted by atomic mass is 10.3. The van der Waals surface area contributed by atoms with Crippen molar-refractivity contribution in [2.45, 2.75) is 19.6 Å². The Balaban J connectivity index is 0.935. The molecule has 0 saturated carbocycles. The van der Waals surface area contributed by atoms with Crippen LogP contribution in [0, 0.1) is 0 Å². The largest absolute Gasteiger partial charge is 0.457 e. The van der Waals surface area contributed by atoms with Gasteiger partial charge in [-0.2, -0.15) is 0 Å². The van der Waals surface area contributed by atoms with Gasteiger partial charge in [0.25, 0.3) is 0 Å². The second-order valence-corrected chi connectivity index (χ2v) is 17.4. The van der Waals surface area contributed by atoms with Gasteiger partial charge >= 0.3 is 0 Å². The molecule has 0 aliphatic heterocycles. The van der Waals surface area contributed by atoms with Crippen LogP contribution in [0.15, 0.2) is 198 Å². The molecule has 0 heterocycles. The number of benzene rings is 7. The zero-order valence-electron chi connectivity index (χ0n) is 28.0. The number of hydrogen-bond donors (Lipinski definition) is 0. The summed E-state index contributed by atoms with van der Waals surface area (Å²) in [5, 5.41) is 0. The third-order valence-corrected chi connectivity index (χ3v) is 12.5. The van der Waals surface area contributed by atoms with Gasteiger partial charge in [-0.05, 0) is 164 Å². The summed E-state index contributed by atoms with van der Waals surface area (Å²) in [6.45, 7) is 0. The first kappa shape index (κ1) is 36.9. The van der Waals surface area contributed by atoms with E-state index in [1.807, 2.05) is 48.5 Å². The first-order chi connectivity index (χ1) is 26.0.